The third-order valence-corrected chi connectivity index (χ3v) is 4.58. The molecular formula is C21H20N4O. The highest BCUT2D eigenvalue weighted by Crippen LogP contribution is 2.19. The van der Waals surface area contributed by atoms with Crippen LogP contribution in [-0.4, -0.2) is 27.0 Å². The van der Waals surface area contributed by atoms with Gasteiger partial charge in [0.1, 0.15) is 0 Å². The highest BCUT2D eigenvalue weighted by Gasteiger charge is 2.08. The summed E-state index contributed by atoms with van der Waals surface area (Å²) in [6.07, 6.45) is 3.47. The Kier molecular flexibility index (Phi) is 4.27. The maximum Gasteiger partial charge on any atom is 0.251 e. The number of imidazole rings is 1. The van der Waals surface area contributed by atoms with E-state index in [9.17, 15) is 4.79 Å². The molecule has 0 spiro atoms. The van der Waals surface area contributed by atoms with E-state index in [1.807, 2.05) is 42.6 Å². The highest BCUT2D eigenvalue weighted by atomic mass is 16.1. The Bertz CT molecular complexity index is 1030. The first-order chi connectivity index (χ1) is 12.7. The molecule has 2 aromatic heterocycles. The normalized spacial score (nSPS) is 11.0. The van der Waals surface area contributed by atoms with Crippen molar-refractivity contribution in [2.45, 2.75) is 13.5 Å². The molecule has 0 bridgehead atoms. The Balaban J connectivity index is 1.40. The van der Waals surface area contributed by atoms with Gasteiger partial charge in [-0.15, -0.1) is 0 Å². The van der Waals surface area contributed by atoms with Crippen LogP contribution in [0.15, 0.2) is 67.1 Å². The lowest BCUT2D eigenvalue weighted by Gasteiger charge is -2.10. The van der Waals surface area contributed by atoms with Crippen molar-refractivity contribution in [3.63, 3.8) is 0 Å². The summed E-state index contributed by atoms with van der Waals surface area (Å²) >= 11 is 0. The summed E-state index contributed by atoms with van der Waals surface area (Å²) in [5.41, 5.74) is 4.90. The summed E-state index contributed by atoms with van der Waals surface area (Å²) in [7, 11) is 0. The van der Waals surface area contributed by atoms with Crippen molar-refractivity contribution in [2.24, 2.45) is 0 Å². The summed E-state index contributed by atoms with van der Waals surface area (Å²) in [6, 6.07) is 18.0. The zero-order valence-electron chi connectivity index (χ0n) is 14.6. The van der Waals surface area contributed by atoms with Crippen LogP contribution >= 0.6 is 0 Å². The zero-order chi connectivity index (χ0) is 17.9. The first-order valence-electron chi connectivity index (χ1n) is 8.65. The minimum atomic E-state index is -0.0623. The Hall–Kier alpha value is -3.34. The predicted molar refractivity (Wildman–Crippen MR) is 103 cm³/mol. The molecule has 5 heteroatoms. The molecule has 5 nitrogen and oxygen atoms in total. The van der Waals surface area contributed by atoms with Gasteiger partial charge in [-0.3, -0.25) is 4.79 Å². The van der Waals surface area contributed by atoms with Gasteiger partial charge >= 0.3 is 0 Å². The van der Waals surface area contributed by atoms with E-state index < -0.39 is 0 Å². The molecule has 0 aliphatic heterocycles. The average molecular weight is 344 g/mol. The molecule has 4 rings (SSSR count). The van der Waals surface area contributed by atoms with Gasteiger partial charge in [-0.25, -0.2) is 4.98 Å². The van der Waals surface area contributed by atoms with Crippen LogP contribution < -0.4 is 5.32 Å². The van der Waals surface area contributed by atoms with E-state index in [4.69, 9.17) is 0 Å². The second-order valence-electron chi connectivity index (χ2n) is 6.28. The third kappa shape index (κ3) is 3.11. The lowest BCUT2D eigenvalue weighted by molar-refractivity contribution is 0.0952. The number of carbonyl (C=O) groups excluding carboxylic acids is 1. The lowest BCUT2D eigenvalue weighted by atomic mass is 10.1. The fourth-order valence-electron chi connectivity index (χ4n) is 3.24. The molecule has 0 saturated carbocycles. The number of H-pyrrole nitrogens is 1. The molecule has 26 heavy (non-hydrogen) atoms. The third-order valence-electron chi connectivity index (χ3n) is 4.58. The summed E-state index contributed by atoms with van der Waals surface area (Å²) in [4.78, 5) is 19.5. The van der Waals surface area contributed by atoms with E-state index in [1.54, 1.807) is 6.33 Å². The van der Waals surface area contributed by atoms with Crippen molar-refractivity contribution < 1.29 is 4.79 Å². The van der Waals surface area contributed by atoms with Gasteiger partial charge in [0.15, 0.2) is 0 Å². The first kappa shape index (κ1) is 16.1. The number of amides is 1. The van der Waals surface area contributed by atoms with Crippen molar-refractivity contribution in [1.29, 1.82) is 0 Å². The number of para-hydroxylation sites is 1. The van der Waals surface area contributed by atoms with E-state index in [1.165, 1.54) is 16.6 Å². The van der Waals surface area contributed by atoms with Crippen LogP contribution in [0.4, 0.5) is 0 Å². The van der Waals surface area contributed by atoms with Gasteiger partial charge in [0.05, 0.1) is 12.0 Å². The number of aromatic nitrogens is 3. The van der Waals surface area contributed by atoms with Gasteiger partial charge in [0, 0.05) is 41.6 Å². The number of fused-ring (bicyclic) bond motifs is 1. The van der Waals surface area contributed by atoms with Crippen LogP contribution in [0.3, 0.4) is 0 Å². The number of hydrogen-bond acceptors (Lipinski definition) is 2. The molecule has 0 fully saturated rings. The maximum atomic E-state index is 12.4. The van der Waals surface area contributed by atoms with E-state index in [2.05, 4.69) is 45.0 Å². The van der Waals surface area contributed by atoms with E-state index in [0.717, 1.165) is 17.8 Å². The van der Waals surface area contributed by atoms with Crippen LogP contribution in [0, 0.1) is 6.92 Å². The standard InChI is InChI=1S/C21H20N4O/c1-15-12-18-4-2-3-5-20(18)25(15)11-10-23-21(26)17-8-6-16(7-9-17)19-13-22-14-24-19/h2-9,12-14H,10-11H2,1H3,(H,22,24)(H,23,26). The van der Waals surface area contributed by atoms with Gasteiger partial charge in [-0.1, -0.05) is 30.3 Å². The minimum absolute atomic E-state index is 0.0623. The second kappa shape index (κ2) is 6.88. The average Bonchev–Trinajstić information content (AvgIpc) is 3.30. The summed E-state index contributed by atoms with van der Waals surface area (Å²) in [5.74, 6) is -0.0623. The summed E-state index contributed by atoms with van der Waals surface area (Å²) in [5, 5.41) is 4.23. The molecule has 130 valence electrons. The molecule has 2 aromatic carbocycles. The Morgan fingerprint density at radius 1 is 1.15 bits per heavy atom. The topological polar surface area (TPSA) is 62.7 Å². The quantitative estimate of drug-likeness (QED) is 0.579. The Morgan fingerprint density at radius 2 is 1.96 bits per heavy atom. The molecule has 0 aliphatic rings. The van der Waals surface area contributed by atoms with Crippen molar-refractivity contribution in [3.05, 3.63) is 78.4 Å². The number of hydrogen-bond donors (Lipinski definition) is 2. The van der Waals surface area contributed by atoms with Crippen LogP contribution in [-0.2, 0) is 6.54 Å². The molecule has 1 amide bonds. The van der Waals surface area contributed by atoms with E-state index in [-0.39, 0.29) is 5.91 Å². The Morgan fingerprint density at radius 3 is 2.73 bits per heavy atom. The number of rotatable bonds is 5. The van der Waals surface area contributed by atoms with Crippen molar-refractivity contribution in [1.82, 2.24) is 19.9 Å². The fourth-order valence-corrected chi connectivity index (χ4v) is 3.24. The fraction of sp³-hybridized carbons (Fsp3) is 0.143. The van der Waals surface area contributed by atoms with Gasteiger partial charge in [-0.2, -0.15) is 0 Å². The van der Waals surface area contributed by atoms with Crippen LogP contribution in [0.5, 0.6) is 0 Å². The number of carbonyl (C=O) groups is 1. The van der Waals surface area contributed by atoms with Gasteiger partial charge in [-0.05, 0) is 36.6 Å². The smallest absolute Gasteiger partial charge is 0.251 e. The molecule has 4 aromatic rings. The minimum Gasteiger partial charge on any atom is -0.351 e. The summed E-state index contributed by atoms with van der Waals surface area (Å²) in [6.45, 7) is 3.42. The molecule has 0 atom stereocenters. The number of aromatic amines is 1. The van der Waals surface area contributed by atoms with Gasteiger partial charge in [0.25, 0.3) is 5.91 Å². The lowest BCUT2D eigenvalue weighted by Crippen LogP contribution is -2.27. The maximum absolute atomic E-state index is 12.4. The highest BCUT2D eigenvalue weighted by molar-refractivity contribution is 5.94. The number of nitrogens with zero attached hydrogens (tertiary/aromatic N) is 2. The number of aryl methyl sites for hydroxylation is 1. The number of nitrogens with one attached hydrogen (secondary N) is 2. The SMILES string of the molecule is Cc1cc2ccccc2n1CCNC(=O)c1ccc(-c2c[nH]cn2)cc1. The molecule has 0 saturated heterocycles. The van der Waals surface area contributed by atoms with Crippen LogP contribution in [0.2, 0.25) is 0 Å². The molecule has 0 aliphatic carbocycles. The molecular weight excluding hydrogens is 324 g/mol. The van der Waals surface area contributed by atoms with Crippen LogP contribution in [0.25, 0.3) is 22.2 Å². The summed E-state index contributed by atoms with van der Waals surface area (Å²) < 4.78 is 2.23. The second-order valence-corrected chi connectivity index (χ2v) is 6.28. The van der Waals surface area contributed by atoms with Crippen molar-refractivity contribution in [2.75, 3.05) is 6.54 Å². The largest absolute Gasteiger partial charge is 0.351 e. The van der Waals surface area contributed by atoms with E-state index in [0.29, 0.717) is 12.1 Å². The van der Waals surface area contributed by atoms with Crippen molar-refractivity contribution in [3.8, 4) is 11.3 Å². The molecule has 2 heterocycles. The molecule has 2 N–H and O–H groups in total. The van der Waals surface area contributed by atoms with Crippen LogP contribution in [0.1, 0.15) is 16.1 Å². The first-order valence-corrected chi connectivity index (χ1v) is 8.65. The van der Waals surface area contributed by atoms with E-state index >= 15 is 0 Å². The zero-order valence-corrected chi connectivity index (χ0v) is 14.6. The monoisotopic (exact) mass is 344 g/mol. The predicted octanol–water partition coefficient (Wildman–Crippen LogP) is 3.77. The number of benzene rings is 2. The van der Waals surface area contributed by atoms with Gasteiger partial charge in [0.2, 0.25) is 0 Å². The molecule has 0 radical (unpaired) electrons. The molecule has 0 unspecified atom stereocenters. The van der Waals surface area contributed by atoms with Gasteiger partial charge < -0.3 is 14.9 Å². The van der Waals surface area contributed by atoms with Crippen molar-refractivity contribution >= 4 is 16.8 Å². The Labute approximate surface area is 151 Å².